The zero-order valence-electron chi connectivity index (χ0n) is 12.6. The minimum absolute atomic E-state index is 0.00930. The van der Waals surface area contributed by atoms with Crippen LogP contribution in [0.2, 0.25) is 0 Å². The Morgan fingerprint density at radius 2 is 1.96 bits per heavy atom. The van der Waals surface area contributed by atoms with Gasteiger partial charge < -0.3 is 19.5 Å². The molecule has 6 heteroatoms. The second-order valence-corrected chi connectivity index (χ2v) is 5.04. The van der Waals surface area contributed by atoms with Gasteiger partial charge in [-0.15, -0.1) is 0 Å². The van der Waals surface area contributed by atoms with Crippen molar-refractivity contribution in [1.29, 1.82) is 0 Å². The number of benzene rings is 2. The lowest BCUT2D eigenvalue weighted by Crippen LogP contribution is -2.17. The van der Waals surface area contributed by atoms with E-state index in [1.54, 1.807) is 18.2 Å². The van der Waals surface area contributed by atoms with E-state index in [1.807, 2.05) is 0 Å². The number of ether oxygens (including phenoxy) is 3. The van der Waals surface area contributed by atoms with Crippen LogP contribution in [0.5, 0.6) is 17.2 Å². The molecule has 0 saturated carbocycles. The molecule has 0 atom stereocenters. The summed E-state index contributed by atoms with van der Waals surface area (Å²) < 4.78 is 29.4. The predicted octanol–water partition coefficient (Wildman–Crippen LogP) is 2.79. The summed E-state index contributed by atoms with van der Waals surface area (Å²) in [5, 5.41) is 2.76. The number of halogens is 1. The van der Waals surface area contributed by atoms with Crippen molar-refractivity contribution in [3.05, 3.63) is 47.8 Å². The number of nitrogens with one attached hydrogen (secondary N) is 1. The van der Waals surface area contributed by atoms with Crippen LogP contribution in [0.3, 0.4) is 0 Å². The van der Waals surface area contributed by atoms with Crippen molar-refractivity contribution in [1.82, 2.24) is 0 Å². The van der Waals surface area contributed by atoms with Gasteiger partial charge >= 0.3 is 0 Å². The van der Waals surface area contributed by atoms with Crippen LogP contribution < -0.4 is 19.5 Å². The maximum absolute atomic E-state index is 13.3. The highest BCUT2D eigenvalue weighted by atomic mass is 19.1. The first-order valence-electron chi connectivity index (χ1n) is 7.17. The average molecular weight is 317 g/mol. The van der Waals surface area contributed by atoms with Gasteiger partial charge in [0.2, 0.25) is 5.91 Å². The van der Waals surface area contributed by atoms with Gasteiger partial charge in [0.05, 0.1) is 13.5 Å². The molecule has 0 aromatic heterocycles. The van der Waals surface area contributed by atoms with E-state index in [0.29, 0.717) is 41.7 Å². The van der Waals surface area contributed by atoms with Gasteiger partial charge in [0.15, 0.2) is 11.5 Å². The third-order valence-electron chi connectivity index (χ3n) is 3.42. The number of anilines is 1. The quantitative estimate of drug-likeness (QED) is 0.942. The first-order chi connectivity index (χ1) is 11.2. The fourth-order valence-corrected chi connectivity index (χ4v) is 2.38. The summed E-state index contributed by atoms with van der Waals surface area (Å²) in [5.41, 5.74) is 1.08. The molecule has 1 N–H and O–H groups in total. The first-order valence-corrected chi connectivity index (χ1v) is 7.17. The third-order valence-corrected chi connectivity index (χ3v) is 3.42. The molecule has 1 amide bonds. The molecule has 0 spiro atoms. The lowest BCUT2D eigenvalue weighted by Gasteiger charge is -2.19. The average Bonchev–Trinajstić information content (AvgIpc) is 2.55. The van der Waals surface area contributed by atoms with Gasteiger partial charge in [-0.2, -0.15) is 0 Å². The number of methoxy groups -OCH3 is 1. The van der Waals surface area contributed by atoms with E-state index < -0.39 is 5.82 Å². The summed E-state index contributed by atoms with van der Waals surface area (Å²) in [4.78, 5) is 12.2. The van der Waals surface area contributed by atoms with E-state index >= 15 is 0 Å². The molecular formula is C17H16FNO4. The largest absolute Gasteiger partial charge is 0.496 e. The Morgan fingerprint density at radius 3 is 2.74 bits per heavy atom. The van der Waals surface area contributed by atoms with Crippen LogP contribution in [-0.4, -0.2) is 26.2 Å². The molecule has 2 aromatic rings. The van der Waals surface area contributed by atoms with Crippen molar-refractivity contribution < 1.29 is 23.4 Å². The first kappa shape index (κ1) is 15.1. The minimum atomic E-state index is -0.409. The number of carbonyl (C=O) groups excluding carboxylic acids is 1. The lowest BCUT2D eigenvalue weighted by molar-refractivity contribution is -0.115. The normalized spacial score (nSPS) is 12.6. The van der Waals surface area contributed by atoms with Crippen molar-refractivity contribution in [3.8, 4) is 17.2 Å². The van der Waals surface area contributed by atoms with E-state index in [0.717, 1.165) is 0 Å². The second kappa shape index (κ2) is 6.56. The number of fused-ring (bicyclic) bond motifs is 1. The van der Waals surface area contributed by atoms with E-state index in [4.69, 9.17) is 14.2 Å². The van der Waals surface area contributed by atoms with Crippen molar-refractivity contribution in [2.45, 2.75) is 6.42 Å². The van der Waals surface area contributed by atoms with E-state index in [-0.39, 0.29) is 12.3 Å². The van der Waals surface area contributed by atoms with Crippen LogP contribution in [0, 0.1) is 5.82 Å². The van der Waals surface area contributed by atoms with Crippen LogP contribution in [0.1, 0.15) is 5.56 Å². The maximum atomic E-state index is 13.3. The molecule has 1 aliphatic heterocycles. The molecule has 1 aliphatic rings. The van der Waals surface area contributed by atoms with Crippen LogP contribution in [-0.2, 0) is 11.2 Å². The standard InChI is InChI=1S/C17H16FNO4/c1-21-14-4-2-12(18)8-11(14)9-17(20)19-13-3-5-15-16(10-13)23-7-6-22-15/h2-5,8,10H,6-7,9H2,1H3,(H,19,20). The molecule has 1 heterocycles. The number of carbonyl (C=O) groups is 1. The zero-order valence-corrected chi connectivity index (χ0v) is 12.6. The van der Waals surface area contributed by atoms with Gasteiger partial charge in [0.1, 0.15) is 24.8 Å². The van der Waals surface area contributed by atoms with Crippen molar-refractivity contribution in [2.24, 2.45) is 0 Å². The van der Waals surface area contributed by atoms with Gasteiger partial charge in [0.25, 0.3) is 0 Å². The molecule has 23 heavy (non-hydrogen) atoms. The van der Waals surface area contributed by atoms with E-state index in [2.05, 4.69) is 5.32 Å². The topological polar surface area (TPSA) is 56.8 Å². The van der Waals surface area contributed by atoms with E-state index in [1.165, 1.54) is 25.3 Å². The Morgan fingerprint density at radius 1 is 1.17 bits per heavy atom. The Kier molecular flexibility index (Phi) is 4.32. The predicted molar refractivity (Wildman–Crippen MR) is 82.7 cm³/mol. The van der Waals surface area contributed by atoms with Gasteiger partial charge in [-0.3, -0.25) is 4.79 Å². The summed E-state index contributed by atoms with van der Waals surface area (Å²) in [6, 6.07) is 9.27. The molecule has 0 fully saturated rings. The van der Waals surface area contributed by atoms with Crippen molar-refractivity contribution in [2.75, 3.05) is 25.6 Å². The molecule has 0 bridgehead atoms. The molecule has 0 radical (unpaired) electrons. The fourth-order valence-electron chi connectivity index (χ4n) is 2.38. The smallest absolute Gasteiger partial charge is 0.228 e. The molecule has 0 saturated heterocycles. The summed E-state index contributed by atoms with van der Waals surface area (Å²) in [6.45, 7) is 0.989. The molecule has 5 nitrogen and oxygen atoms in total. The Balaban J connectivity index is 1.71. The van der Waals surface area contributed by atoms with Crippen LogP contribution in [0.15, 0.2) is 36.4 Å². The van der Waals surface area contributed by atoms with Crippen LogP contribution in [0.25, 0.3) is 0 Å². The highest BCUT2D eigenvalue weighted by molar-refractivity contribution is 5.93. The van der Waals surface area contributed by atoms with Crippen molar-refractivity contribution in [3.63, 3.8) is 0 Å². The summed E-state index contributed by atoms with van der Waals surface area (Å²) >= 11 is 0. The number of hydrogen-bond donors (Lipinski definition) is 1. The van der Waals surface area contributed by atoms with Gasteiger partial charge in [-0.25, -0.2) is 4.39 Å². The molecule has 0 aliphatic carbocycles. The maximum Gasteiger partial charge on any atom is 0.228 e. The van der Waals surface area contributed by atoms with Gasteiger partial charge in [-0.05, 0) is 30.3 Å². The second-order valence-electron chi connectivity index (χ2n) is 5.04. The molecule has 2 aromatic carbocycles. The monoisotopic (exact) mass is 317 g/mol. The molecule has 120 valence electrons. The Bertz CT molecular complexity index is 733. The van der Waals surface area contributed by atoms with Crippen LogP contribution >= 0.6 is 0 Å². The number of hydrogen-bond acceptors (Lipinski definition) is 4. The highest BCUT2D eigenvalue weighted by Crippen LogP contribution is 2.32. The zero-order chi connectivity index (χ0) is 16.2. The Hall–Kier alpha value is -2.76. The highest BCUT2D eigenvalue weighted by Gasteiger charge is 2.14. The number of rotatable bonds is 4. The number of amides is 1. The lowest BCUT2D eigenvalue weighted by atomic mass is 10.1. The third kappa shape index (κ3) is 3.53. The molecular weight excluding hydrogens is 301 g/mol. The Labute approximate surface area is 133 Å². The van der Waals surface area contributed by atoms with Crippen molar-refractivity contribution >= 4 is 11.6 Å². The minimum Gasteiger partial charge on any atom is -0.496 e. The SMILES string of the molecule is COc1ccc(F)cc1CC(=O)Nc1ccc2c(c1)OCCO2. The van der Waals surface area contributed by atoms with Gasteiger partial charge in [-0.1, -0.05) is 0 Å². The molecule has 3 rings (SSSR count). The van der Waals surface area contributed by atoms with Crippen LogP contribution in [0.4, 0.5) is 10.1 Å². The van der Waals surface area contributed by atoms with Gasteiger partial charge in [0, 0.05) is 17.3 Å². The summed E-state index contributed by atoms with van der Waals surface area (Å²) in [5.74, 6) is 1.04. The molecule has 0 unspecified atom stereocenters. The summed E-state index contributed by atoms with van der Waals surface area (Å²) in [6.07, 6.45) is 0.00930. The summed E-state index contributed by atoms with van der Waals surface area (Å²) in [7, 11) is 1.48. The fraction of sp³-hybridized carbons (Fsp3) is 0.235. The van der Waals surface area contributed by atoms with E-state index in [9.17, 15) is 9.18 Å².